The van der Waals surface area contributed by atoms with Crippen LogP contribution in [0.4, 0.5) is 5.13 Å². The Balaban J connectivity index is 1.74. The highest BCUT2D eigenvalue weighted by molar-refractivity contribution is 7.22. The molecule has 0 atom stereocenters. The van der Waals surface area contributed by atoms with Gasteiger partial charge >= 0.3 is 0 Å². The van der Waals surface area contributed by atoms with Crippen LogP contribution >= 0.6 is 11.3 Å². The molecule has 0 N–H and O–H groups in total. The lowest BCUT2D eigenvalue weighted by molar-refractivity contribution is -0.118. The fourth-order valence-corrected chi connectivity index (χ4v) is 4.68. The van der Waals surface area contributed by atoms with E-state index in [1.54, 1.807) is 17.5 Å². The Morgan fingerprint density at radius 2 is 1.77 bits per heavy atom. The lowest BCUT2D eigenvalue weighted by Gasteiger charge is -2.20. The van der Waals surface area contributed by atoms with Gasteiger partial charge in [-0.3, -0.25) is 14.7 Å². The van der Waals surface area contributed by atoms with E-state index >= 15 is 0 Å². The van der Waals surface area contributed by atoms with Crippen LogP contribution in [0, 0.1) is 27.7 Å². The molecule has 5 heteroatoms. The van der Waals surface area contributed by atoms with Crippen LogP contribution in [0.5, 0.6) is 0 Å². The second-order valence-electron chi connectivity index (χ2n) is 7.82. The van der Waals surface area contributed by atoms with E-state index in [2.05, 4.69) is 63.0 Å². The summed E-state index contributed by atoms with van der Waals surface area (Å²) in [6.45, 7) is 8.72. The molecule has 1 amide bonds. The summed E-state index contributed by atoms with van der Waals surface area (Å²) in [5.74, 6) is 0.0434. The molecule has 4 aromatic rings. The number of thiazole rings is 1. The van der Waals surface area contributed by atoms with Crippen molar-refractivity contribution in [3.8, 4) is 0 Å². The van der Waals surface area contributed by atoms with Gasteiger partial charge in [0, 0.05) is 12.4 Å². The number of amides is 1. The average Bonchev–Trinajstić information content (AvgIpc) is 3.19. The first-order chi connectivity index (χ1) is 14.4. The Morgan fingerprint density at radius 1 is 1.00 bits per heavy atom. The van der Waals surface area contributed by atoms with Crippen LogP contribution in [0.3, 0.4) is 0 Å². The minimum atomic E-state index is 0.0434. The van der Waals surface area contributed by atoms with Crippen LogP contribution in [-0.4, -0.2) is 15.9 Å². The van der Waals surface area contributed by atoms with E-state index in [0.717, 1.165) is 43.2 Å². The van der Waals surface area contributed by atoms with Gasteiger partial charge in [0.15, 0.2) is 5.13 Å². The van der Waals surface area contributed by atoms with E-state index in [9.17, 15) is 4.79 Å². The maximum absolute atomic E-state index is 13.5. The molecule has 2 aromatic heterocycles. The monoisotopic (exact) mass is 415 g/mol. The van der Waals surface area contributed by atoms with Crippen LogP contribution in [0.2, 0.25) is 0 Å². The summed E-state index contributed by atoms with van der Waals surface area (Å²) in [5.41, 5.74) is 7.62. The van der Waals surface area contributed by atoms with E-state index in [0.29, 0.717) is 13.0 Å². The number of nitrogens with zero attached hydrogens (tertiary/aromatic N) is 3. The molecule has 0 aliphatic heterocycles. The lowest BCUT2D eigenvalue weighted by Crippen LogP contribution is -2.32. The molecule has 0 fully saturated rings. The van der Waals surface area contributed by atoms with Crippen molar-refractivity contribution in [3.05, 3.63) is 88.2 Å². The number of hydrogen-bond donors (Lipinski definition) is 0. The van der Waals surface area contributed by atoms with Gasteiger partial charge in [-0.2, -0.15) is 0 Å². The Labute approximate surface area is 181 Å². The highest BCUT2D eigenvalue weighted by Gasteiger charge is 2.22. The van der Waals surface area contributed by atoms with Gasteiger partial charge in [0.05, 0.1) is 23.2 Å². The Kier molecular flexibility index (Phi) is 5.64. The highest BCUT2D eigenvalue weighted by Crippen LogP contribution is 2.34. The third-order valence-electron chi connectivity index (χ3n) is 5.37. The lowest BCUT2D eigenvalue weighted by atomic mass is 10.0. The summed E-state index contributed by atoms with van der Waals surface area (Å²) in [5, 5.41) is 0.738. The molecular weight excluding hydrogens is 390 g/mol. The van der Waals surface area contributed by atoms with Crippen molar-refractivity contribution in [2.24, 2.45) is 0 Å². The zero-order valence-corrected chi connectivity index (χ0v) is 18.6. The molecule has 0 unspecified atom stereocenters. The Hall–Kier alpha value is -3.05. The van der Waals surface area contributed by atoms with Gasteiger partial charge < -0.3 is 0 Å². The van der Waals surface area contributed by atoms with E-state index in [1.165, 1.54) is 5.56 Å². The van der Waals surface area contributed by atoms with Crippen LogP contribution in [0.25, 0.3) is 10.2 Å². The number of rotatable bonds is 5. The van der Waals surface area contributed by atoms with Crippen molar-refractivity contribution >= 4 is 32.6 Å². The fraction of sp³-hybridized carbons (Fsp3) is 0.240. The number of anilines is 1. The maximum Gasteiger partial charge on any atom is 0.233 e. The molecule has 0 bridgehead atoms. The smallest absolute Gasteiger partial charge is 0.233 e. The number of carbonyl (C=O) groups is 1. The topological polar surface area (TPSA) is 46.1 Å². The Bertz CT molecular complexity index is 1180. The number of fused-ring (bicyclic) bond motifs is 1. The van der Waals surface area contributed by atoms with Crippen molar-refractivity contribution in [1.29, 1.82) is 0 Å². The van der Waals surface area contributed by atoms with Gasteiger partial charge in [-0.1, -0.05) is 53.3 Å². The van der Waals surface area contributed by atoms with Crippen molar-refractivity contribution in [1.82, 2.24) is 9.97 Å². The normalized spacial score (nSPS) is 11.1. The summed E-state index contributed by atoms with van der Waals surface area (Å²) in [6, 6.07) is 14.4. The molecule has 2 aromatic carbocycles. The predicted molar refractivity (Wildman–Crippen MR) is 124 cm³/mol. The summed E-state index contributed by atoms with van der Waals surface area (Å²) in [7, 11) is 0. The van der Waals surface area contributed by atoms with E-state index in [4.69, 9.17) is 4.98 Å². The quantitative estimate of drug-likeness (QED) is 0.420. The maximum atomic E-state index is 13.5. The largest absolute Gasteiger partial charge is 0.283 e. The number of aromatic nitrogens is 2. The van der Waals surface area contributed by atoms with E-state index in [1.807, 2.05) is 23.2 Å². The molecule has 152 valence electrons. The van der Waals surface area contributed by atoms with Crippen LogP contribution in [0.1, 0.15) is 33.4 Å². The molecule has 0 radical (unpaired) electrons. The second kappa shape index (κ2) is 8.36. The molecule has 4 nitrogen and oxygen atoms in total. The molecular formula is C25H25N3OS. The zero-order valence-electron chi connectivity index (χ0n) is 17.8. The molecule has 0 saturated carbocycles. The minimum absolute atomic E-state index is 0.0434. The number of pyridine rings is 1. The number of carbonyl (C=O) groups excluding carboxylic acids is 1. The first kappa shape index (κ1) is 20.2. The van der Waals surface area contributed by atoms with Crippen molar-refractivity contribution in [2.75, 3.05) is 4.90 Å². The van der Waals surface area contributed by atoms with Gasteiger partial charge in [-0.15, -0.1) is 0 Å². The minimum Gasteiger partial charge on any atom is -0.283 e. The van der Waals surface area contributed by atoms with Crippen molar-refractivity contribution < 1.29 is 4.79 Å². The number of hydrogen-bond acceptors (Lipinski definition) is 4. The van der Waals surface area contributed by atoms with E-state index < -0.39 is 0 Å². The third kappa shape index (κ3) is 4.12. The molecule has 0 aliphatic carbocycles. The van der Waals surface area contributed by atoms with Crippen LogP contribution < -0.4 is 4.90 Å². The standard InChI is InChI=1S/C25H25N3OS/c1-16-7-8-17(2)21(12-16)13-22(29)28(15-20-6-5-11-26-14-20)25-27-23-18(3)9-10-19(4)24(23)30-25/h5-12,14H,13,15H2,1-4H3. The average molecular weight is 416 g/mol. The second-order valence-corrected chi connectivity index (χ2v) is 8.80. The number of aryl methyl sites for hydroxylation is 4. The summed E-state index contributed by atoms with van der Waals surface area (Å²) in [4.78, 5) is 24.4. The first-order valence-corrected chi connectivity index (χ1v) is 10.9. The predicted octanol–water partition coefficient (Wildman–Crippen LogP) is 5.70. The molecule has 0 aliphatic rings. The molecule has 0 saturated heterocycles. The van der Waals surface area contributed by atoms with E-state index in [-0.39, 0.29) is 5.91 Å². The first-order valence-electron chi connectivity index (χ1n) is 10.0. The van der Waals surface area contributed by atoms with Crippen LogP contribution in [0.15, 0.2) is 54.9 Å². The van der Waals surface area contributed by atoms with Crippen molar-refractivity contribution in [3.63, 3.8) is 0 Å². The van der Waals surface area contributed by atoms with Gasteiger partial charge in [-0.05, 0) is 61.6 Å². The summed E-state index contributed by atoms with van der Waals surface area (Å²) >= 11 is 1.59. The SMILES string of the molecule is Cc1ccc(C)c(CC(=O)N(Cc2cccnc2)c2nc3c(C)ccc(C)c3s2)c1. The Morgan fingerprint density at radius 3 is 2.50 bits per heavy atom. The number of benzene rings is 2. The van der Waals surface area contributed by atoms with Gasteiger partial charge in [0.2, 0.25) is 5.91 Å². The van der Waals surface area contributed by atoms with Gasteiger partial charge in [0.1, 0.15) is 0 Å². The summed E-state index contributed by atoms with van der Waals surface area (Å²) < 4.78 is 1.14. The van der Waals surface area contributed by atoms with Crippen LogP contribution in [-0.2, 0) is 17.8 Å². The van der Waals surface area contributed by atoms with Gasteiger partial charge in [0.25, 0.3) is 0 Å². The third-order valence-corrected chi connectivity index (χ3v) is 6.59. The summed E-state index contributed by atoms with van der Waals surface area (Å²) in [6.07, 6.45) is 3.90. The highest BCUT2D eigenvalue weighted by atomic mass is 32.1. The molecule has 0 spiro atoms. The molecule has 4 rings (SSSR count). The van der Waals surface area contributed by atoms with Crippen molar-refractivity contribution in [2.45, 2.75) is 40.7 Å². The zero-order chi connectivity index (χ0) is 21.3. The molecule has 30 heavy (non-hydrogen) atoms. The molecule has 2 heterocycles. The fourth-order valence-electron chi connectivity index (χ4n) is 3.55. The van der Waals surface area contributed by atoms with Gasteiger partial charge in [-0.25, -0.2) is 4.98 Å².